The predicted molar refractivity (Wildman–Crippen MR) is 124 cm³/mol. The Morgan fingerprint density at radius 2 is 1.84 bits per heavy atom. The molecule has 1 aliphatic heterocycles. The molecule has 1 aliphatic rings. The van der Waals surface area contributed by atoms with Gasteiger partial charge in [-0.05, 0) is 58.0 Å². The van der Waals surface area contributed by atoms with Crippen LogP contribution in [0.4, 0.5) is 4.79 Å². The average Bonchev–Trinajstić information content (AvgIpc) is 2.69. The smallest absolute Gasteiger partial charge is 0.410 e. The van der Waals surface area contributed by atoms with Gasteiger partial charge in [0.2, 0.25) is 0 Å². The van der Waals surface area contributed by atoms with Crippen molar-refractivity contribution in [2.45, 2.75) is 59.2 Å². The molecule has 2 rings (SSSR count). The molecule has 2 atom stereocenters. The molecule has 2 unspecified atom stereocenters. The van der Waals surface area contributed by atoms with E-state index in [-0.39, 0.29) is 6.09 Å². The van der Waals surface area contributed by atoms with Gasteiger partial charge in [-0.1, -0.05) is 44.5 Å². The molecule has 1 N–H and O–H groups in total. The molecular weight excluding hydrogens is 416 g/mol. The summed E-state index contributed by atoms with van der Waals surface area (Å²) in [6.45, 7) is 16.2. The second-order valence-electron chi connectivity index (χ2n) is 9.66. The van der Waals surface area contributed by atoms with Crippen LogP contribution in [-0.2, 0) is 15.1 Å². The van der Waals surface area contributed by atoms with Crippen LogP contribution >= 0.6 is 11.6 Å². The molecule has 1 saturated heterocycles. The monoisotopic (exact) mass is 454 g/mol. The van der Waals surface area contributed by atoms with Crippen molar-refractivity contribution in [3.63, 3.8) is 0 Å². The maximum Gasteiger partial charge on any atom is 0.410 e. The fraction of sp³-hybridized carbons (Fsp3) is 0.708. The Labute approximate surface area is 192 Å². The van der Waals surface area contributed by atoms with Crippen LogP contribution in [0.2, 0.25) is 5.02 Å². The number of hydrogen-bond acceptors (Lipinski definition) is 5. The van der Waals surface area contributed by atoms with E-state index in [0.717, 1.165) is 25.2 Å². The minimum atomic E-state index is -1.15. The third-order valence-electron chi connectivity index (χ3n) is 6.12. The Morgan fingerprint density at radius 1 is 1.23 bits per heavy atom. The van der Waals surface area contributed by atoms with Crippen LogP contribution in [0.5, 0.6) is 0 Å². The minimum absolute atomic E-state index is 0.326. The van der Waals surface area contributed by atoms with Crippen molar-refractivity contribution in [3.8, 4) is 0 Å². The van der Waals surface area contributed by atoms with Crippen molar-refractivity contribution in [3.05, 3.63) is 34.9 Å². The zero-order valence-corrected chi connectivity index (χ0v) is 20.7. The highest BCUT2D eigenvalue weighted by molar-refractivity contribution is 6.30. The first-order valence-electron chi connectivity index (χ1n) is 11.2. The molecule has 0 spiro atoms. The number of rotatable bonds is 8. The standard InChI is InChI=1S/C24H39ClN2O4/c1-7-26(8-2)15-16-30-18-23(6)17-27(21(28)31-22(3,4)5)14-13-24(23,29)19-9-11-20(25)12-10-19/h9-12,29H,7-8,13-18H2,1-6H3. The minimum Gasteiger partial charge on any atom is -0.444 e. The molecule has 0 aliphatic carbocycles. The molecule has 6 nitrogen and oxygen atoms in total. The van der Waals surface area contributed by atoms with E-state index in [1.807, 2.05) is 39.8 Å². The first kappa shape index (κ1) is 25.9. The van der Waals surface area contributed by atoms with E-state index in [4.69, 9.17) is 21.1 Å². The maximum absolute atomic E-state index is 12.7. The molecule has 7 heteroatoms. The topological polar surface area (TPSA) is 62.2 Å². The lowest BCUT2D eigenvalue weighted by Crippen LogP contribution is -2.60. The Balaban J connectivity index is 2.22. The Morgan fingerprint density at radius 3 is 2.39 bits per heavy atom. The number of nitrogens with zero attached hydrogens (tertiary/aromatic N) is 2. The third-order valence-corrected chi connectivity index (χ3v) is 6.37. The fourth-order valence-electron chi connectivity index (χ4n) is 4.13. The van der Waals surface area contributed by atoms with Crippen molar-refractivity contribution < 1.29 is 19.4 Å². The summed E-state index contributed by atoms with van der Waals surface area (Å²) in [5.41, 5.74) is -1.64. The van der Waals surface area contributed by atoms with Gasteiger partial charge in [0.1, 0.15) is 11.2 Å². The van der Waals surface area contributed by atoms with Gasteiger partial charge in [-0.3, -0.25) is 0 Å². The van der Waals surface area contributed by atoms with E-state index < -0.39 is 16.6 Å². The van der Waals surface area contributed by atoms with Gasteiger partial charge in [0.25, 0.3) is 0 Å². The first-order chi connectivity index (χ1) is 14.4. The van der Waals surface area contributed by atoms with Crippen molar-refractivity contribution >= 4 is 17.7 Å². The molecule has 1 aromatic rings. The molecule has 1 amide bonds. The van der Waals surface area contributed by atoms with Crippen molar-refractivity contribution in [1.29, 1.82) is 0 Å². The Bertz CT molecular complexity index is 717. The molecule has 1 heterocycles. The molecule has 1 aromatic carbocycles. The first-order valence-corrected chi connectivity index (χ1v) is 11.6. The lowest BCUT2D eigenvalue weighted by molar-refractivity contribution is -0.159. The van der Waals surface area contributed by atoms with Crippen LogP contribution in [0.25, 0.3) is 0 Å². The van der Waals surface area contributed by atoms with Gasteiger partial charge in [-0.15, -0.1) is 0 Å². The van der Waals surface area contributed by atoms with Crippen molar-refractivity contribution in [2.24, 2.45) is 5.41 Å². The van der Waals surface area contributed by atoms with Crippen LogP contribution in [0.15, 0.2) is 24.3 Å². The Hall–Kier alpha value is -1.34. The van der Waals surface area contributed by atoms with Gasteiger partial charge < -0.3 is 24.4 Å². The number of benzene rings is 1. The molecular formula is C24H39ClN2O4. The van der Waals surface area contributed by atoms with E-state index in [1.165, 1.54) is 0 Å². The lowest BCUT2D eigenvalue weighted by atomic mass is 9.65. The van der Waals surface area contributed by atoms with Crippen molar-refractivity contribution in [1.82, 2.24) is 9.80 Å². The molecule has 0 saturated carbocycles. The summed E-state index contributed by atoms with van der Waals surface area (Å²) < 4.78 is 11.7. The summed E-state index contributed by atoms with van der Waals surface area (Å²) in [4.78, 5) is 16.7. The summed E-state index contributed by atoms with van der Waals surface area (Å²) in [5.74, 6) is 0. The molecule has 0 radical (unpaired) electrons. The zero-order chi connectivity index (χ0) is 23.3. The predicted octanol–water partition coefficient (Wildman–Crippen LogP) is 4.53. The van der Waals surface area contributed by atoms with Crippen LogP contribution in [0.3, 0.4) is 0 Å². The number of likely N-dealkylation sites (N-methyl/N-ethyl adjacent to an activating group) is 1. The third kappa shape index (κ3) is 6.58. The Kier molecular flexibility index (Phi) is 8.79. The van der Waals surface area contributed by atoms with Gasteiger partial charge in [-0.25, -0.2) is 4.79 Å². The van der Waals surface area contributed by atoms with Gasteiger partial charge in [-0.2, -0.15) is 0 Å². The van der Waals surface area contributed by atoms with E-state index in [0.29, 0.717) is 37.7 Å². The second kappa shape index (κ2) is 10.5. The van der Waals surface area contributed by atoms with Crippen molar-refractivity contribution in [2.75, 3.05) is 45.9 Å². The summed E-state index contributed by atoms with van der Waals surface area (Å²) in [7, 11) is 0. The van der Waals surface area contributed by atoms with Gasteiger partial charge in [0, 0.05) is 30.1 Å². The van der Waals surface area contributed by atoms with Crippen LogP contribution in [0, 0.1) is 5.41 Å². The number of ether oxygens (including phenoxy) is 2. The highest BCUT2D eigenvalue weighted by Crippen LogP contribution is 2.47. The van der Waals surface area contributed by atoms with Crippen LogP contribution in [0.1, 0.15) is 53.5 Å². The van der Waals surface area contributed by atoms with E-state index in [9.17, 15) is 9.90 Å². The number of amides is 1. The number of carbonyl (C=O) groups is 1. The van der Waals surface area contributed by atoms with Crippen LogP contribution < -0.4 is 0 Å². The number of piperidine rings is 1. The normalized spacial score (nSPS) is 24.5. The number of aliphatic hydroxyl groups is 1. The largest absolute Gasteiger partial charge is 0.444 e. The van der Waals surface area contributed by atoms with E-state index >= 15 is 0 Å². The van der Waals surface area contributed by atoms with E-state index in [2.05, 4.69) is 18.7 Å². The van der Waals surface area contributed by atoms with Gasteiger partial charge >= 0.3 is 6.09 Å². The number of halogens is 1. The maximum atomic E-state index is 12.7. The second-order valence-corrected chi connectivity index (χ2v) is 10.1. The number of hydrogen-bond donors (Lipinski definition) is 1. The zero-order valence-electron chi connectivity index (χ0n) is 19.9. The molecule has 176 valence electrons. The van der Waals surface area contributed by atoms with Gasteiger partial charge in [0.15, 0.2) is 0 Å². The fourth-order valence-corrected chi connectivity index (χ4v) is 4.25. The highest BCUT2D eigenvalue weighted by Gasteiger charge is 2.53. The number of carbonyl (C=O) groups excluding carboxylic acids is 1. The summed E-state index contributed by atoms with van der Waals surface area (Å²) in [6.07, 6.45) is 0.0315. The SMILES string of the molecule is CCN(CC)CCOCC1(C)CN(C(=O)OC(C)(C)C)CCC1(O)c1ccc(Cl)cc1. The molecule has 0 aromatic heterocycles. The molecule has 0 bridgehead atoms. The van der Waals surface area contributed by atoms with Gasteiger partial charge in [0.05, 0.1) is 13.2 Å². The number of likely N-dealkylation sites (tertiary alicyclic amines) is 1. The van der Waals surface area contributed by atoms with E-state index in [1.54, 1.807) is 17.0 Å². The van der Waals surface area contributed by atoms with Crippen LogP contribution in [-0.4, -0.2) is 72.5 Å². The molecule has 1 fully saturated rings. The lowest BCUT2D eigenvalue weighted by Gasteiger charge is -2.52. The average molecular weight is 455 g/mol. The molecule has 31 heavy (non-hydrogen) atoms. The summed E-state index contributed by atoms with van der Waals surface area (Å²) in [5, 5.41) is 12.5. The summed E-state index contributed by atoms with van der Waals surface area (Å²) in [6, 6.07) is 7.30. The summed E-state index contributed by atoms with van der Waals surface area (Å²) >= 11 is 6.07. The quantitative estimate of drug-likeness (QED) is 0.584. The highest BCUT2D eigenvalue weighted by atomic mass is 35.5.